The van der Waals surface area contributed by atoms with E-state index in [9.17, 15) is 19.4 Å². The van der Waals surface area contributed by atoms with Gasteiger partial charge in [0.2, 0.25) is 5.91 Å². The van der Waals surface area contributed by atoms with Crippen molar-refractivity contribution in [1.29, 1.82) is 0 Å². The Morgan fingerprint density at radius 3 is 1.08 bits per heavy atom. The van der Waals surface area contributed by atoms with Crippen molar-refractivity contribution in [3.63, 3.8) is 0 Å². The van der Waals surface area contributed by atoms with Crippen molar-refractivity contribution in [3.05, 3.63) is 24.3 Å². The first-order valence-corrected chi connectivity index (χ1v) is 34.2. The van der Waals surface area contributed by atoms with Crippen LogP contribution in [0.1, 0.15) is 335 Å². The lowest BCUT2D eigenvalue weighted by molar-refractivity contribution is -0.870. The van der Waals surface area contributed by atoms with E-state index in [0.29, 0.717) is 17.4 Å². The van der Waals surface area contributed by atoms with Crippen molar-refractivity contribution in [2.24, 2.45) is 0 Å². The maximum Gasteiger partial charge on any atom is 0.472 e. The molecule has 0 spiro atoms. The van der Waals surface area contributed by atoms with Gasteiger partial charge in [-0.05, 0) is 32.1 Å². The molecule has 0 radical (unpaired) electrons. The van der Waals surface area contributed by atoms with Crippen LogP contribution in [-0.2, 0) is 18.4 Å². The standard InChI is InChI=1S/C65H129N2O6P/c1-6-8-10-12-14-16-18-20-22-24-26-28-30-32-33-34-35-36-38-40-42-44-46-48-50-52-54-56-58-64(68)63(62-73-74(70,71)72-61-60-67(3,4)5)66-65(69)59-57-55-53-51-49-47-45-43-41-39-37-31-29-27-25-23-21-19-17-15-13-11-9-7-2/h48,50,56,58,63-64,68H,6-47,49,51-55,57,59-62H2,1-5H3,(H-,66,69,70,71)/p+1/b50-48+,58-56+. The first-order chi connectivity index (χ1) is 36.0. The molecule has 3 atom stereocenters. The predicted octanol–water partition coefficient (Wildman–Crippen LogP) is 20.3. The molecule has 0 heterocycles. The number of amides is 1. The molecule has 0 saturated carbocycles. The van der Waals surface area contributed by atoms with Crippen LogP contribution in [-0.4, -0.2) is 73.4 Å². The number of carbonyl (C=O) groups is 1. The van der Waals surface area contributed by atoms with Crippen LogP contribution in [0.5, 0.6) is 0 Å². The SMILES string of the molecule is CCCCCCCCCCCCCCCCCCCCCCCC/C=C/CC/C=C/C(O)C(COP(=O)(O)OCC[N+](C)(C)C)NC(=O)CCCCCCCCCCCCCCCCCCCCCCCCCC. The van der Waals surface area contributed by atoms with Gasteiger partial charge in [0.1, 0.15) is 13.2 Å². The normalized spacial score (nSPS) is 13.9. The Bertz CT molecular complexity index is 1260. The van der Waals surface area contributed by atoms with Gasteiger partial charge in [-0.15, -0.1) is 0 Å². The minimum atomic E-state index is -4.36. The first kappa shape index (κ1) is 73.0. The van der Waals surface area contributed by atoms with E-state index in [0.717, 1.165) is 38.5 Å². The number of aliphatic hydroxyl groups excluding tert-OH is 1. The summed E-state index contributed by atoms with van der Waals surface area (Å²) in [4.78, 5) is 23.4. The van der Waals surface area contributed by atoms with Crippen molar-refractivity contribution < 1.29 is 32.9 Å². The van der Waals surface area contributed by atoms with Gasteiger partial charge < -0.3 is 19.8 Å². The second-order valence-corrected chi connectivity index (χ2v) is 25.3. The van der Waals surface area contributed by atoms with E-state index < -0.39 is 20.0 Å². The average molecular weight is 1070 g/mol. The summed E-state index contributed by atoms with van der Waals surface area (Å²) in [5.41, 5.74) is 0. The van der Waals surface area contributed by atoms with Crippen LogP contribution < -0.4 is 5.32 Å². The van der Waals surface area contributed by atoms with Gasteiger partial charge in [0.25, 0.3) is 0 Å². The molecule has 0 saturated heterocycles. The van der Waals surface area contributed by atoms with Crippen molar-refractivity contribution in [2.45, 2.75) is 347 Å². The highest BCUT2D eigenvalue weighted by atomic mass is 31.2. The molecule has 8 nitrogen and oxygen atoms in total. The number of nitrogens with zero attached hydrogens (tertiary/aromatic N) is 1. The van der Waals surface area contributed by atoms with Crippen LogP contribution in [0.2, 0.25) is 0 Å². The van der Waals surface area contributed by atoms with Crippen LogP contribution in [0.15, 0.2) is 24.3 Å². The van der Waals surface area contributed by atoms with Crippen LogP contribution in [0.25, 0.3) is 0 Å². The van der Waals surface area contributed by atoms with Gasteiger partial charge in [0.05, 0.1) is 39.9 Å². The Morgan fingerprint density at radius 1 is 0.446 bits per heavy atom. The van der Waals surface area contributed by atoms with E-state index >= 15 is 0 Å². The number of nitrogens with one attached hydrogen (secondary N) is 1. The second kappa shape index (κ2) is 56.7. The van der Waals surface area contributed by atoms with E-state index in [2.05, 4.69) is 31.3 Å². The van der Waals surface area contributed by atoms with Crippen LogP contribution >= 0.6 is 7.82 Å². The maximum atomic E-state index is 13.0. The monoisotopic (exact) mass is 1070 g/mol. The molecule has 0 aliphatic rings. The Kier molecular flexibility index (Phi) is 55.9. The van der Waals surface area contributed by atoms with Gasteiger partial charge in [-0.25, -0.2) is 4.57 Å². The fraction of sp³-hybridized carbons (Fsp3) is 0.923. The quantitative estimate of drug-likeness (QED) is 0.0243. The number of quaternary nitrogens is 1. The summed E-state index contributed by atoms with van der Waals surface area (Å²) in [5, 5.41) is 14.0. The van der Waals surface area contributed by atoms with Crippen molar-refractivity contribution in [2.75, 3.05) is 40.9 Å². The largest absolute Gasteiger partial charge is 0.472 e. The smallest absolute Gasteiger partial charge is 0.387 e. The Labute approximate surface area is 462 Å². The van der Waals surface area contributed by atoms with E-state index in [1.807, 2.05) is 27.2 Å². The highest BCUT2D eigenvalue weighted by Crippen LogP contribution is 2.43. The summed E-state index contributed by atoms with van der Waals surface area (Å²) in [5.74, 6) is -0.179. The van der Waals surface area contributed by atoms with E-state index in [4.69, 9.17) is 9.05 Å². The predicted molar refractivity (Wildman–Crippen MR) is 323 cm³/mol. The van der Waals surface area contributed by atoms with Crippen LogP contribution in [0.4, 0.5) is 0 Å². The number of hydrogen-bond donors (Lipinski definition) is 3. The van der Waals surface area contributed by atoms with Gasteiger partial charge in [0.15, 0.2) is 0 Å². The zero-order valence-corrected chi connectivity index (χ0v) is 51.3. The fourth-order valence-corrected chi connectivity index (χ4v) is 10.8. The number of carbonyl (C=O) groups excluding carboxylic acids is 1. The number of likely N-dealkylation sites (N-methyl/N-ethyl adjacent to an activating group) is 1. The van der Waals surface area contributed by atoms with Crippen LogP contribution in [0, 0.1) is 0 Å². The third kappa shape index (κ3) is 58.7. The molecular weight excluding hydrogens is 936 g/mol. The number of phosphoric ester groups is 1. The second-order valence-electron chi connectivity index (χ2n) is 23.8. The van der Waals surface area contributed by atoms with Gasteiger partial charge in [0, 0.05) is 6.42 Å². The molecule has 0 bridgehead atoms. The fourth-order valence-electron chi connectivity index (χ4n) is 10.1. The highest BCUT2D eigenvalue weighted by Gasteiger charge is 2.28. The molecule has 0 aliphatic heterocycles. The Morgan fingerprint density at radius 2 is 0.743 bits per heavy atom. The third-order valence-corrected chi connectivity index (χ3v) is 16.2. The number of unbranched alkanes of at least 4 members (excludes halogenated alkanes) is 46. The average Bonchev–Trinajstić information content (AvgIpc) is 3.36. The summed E-state index contributed by atoms with van der Waals surface area (Å²) in [7, 11) is 1.57. The molecule has 3 N–H and O–H groups in total. The number of hydrogen-bond acceptors (Lipinski definition) is 5. The minimum absolute atomic E-state index is 0.0590. The summed E-state index contributed by atoms with van der Waals surface area (Å²) in [6.07, 6.45) is 73.1. The number of aliphatic hydroxyl groups is 1. The number of phosphoric acid groups is 1. The highest BCUT2D eigenvalue weighted by molar-refractivity contribution is 7.47. The van der Waals surface area contributed by atoms with Crippen molar-refractivity contribution in [1.82, 2.24) is 5.32 Å². The molecule has 3 unspecified atom stereocenters. The van der Waals surface area contributed by atoms with Gasteiger partial charge in [-0.3, -0.25) is 13.8 Å². The Hall–Kier alpha value is -1.02. The molecule has 0 aromatic carbocycles. The molecule has 0 fully saturated rings. The lowest BCUT2D eigenvalue weighted by atomic mass is 10.0. The number of allylic oxidation sites excluding steroid dienone is 3. The summed E-state index contributed by atoms with van der Waals surface area (Å²) in [6.45, 7) is 4.86. The molecule has 0 aromatic rings. The minimum Gasteiger partial charge on any atom is -0.387 e. The zero-order chi connectivity index (χ0) is 54.2. The number of rotatable bonds is 61. The summed E-state index contributed by atoms with van der Waals surface area (Å²) < 4.78 is 23.8. The van der Waals surface area contributed by atoms with E-state index in [1.165, 1.54) is 276 Å². The lowest BCUT2D eigenvalue weighted by Crippen LogP contribution is -2.45. The molecule has 0 aromatic heterocycles. The molecule has 0 aliphatic carbocycles. The van der Waals surface area contributed by atoms with Gasteiger partial charge in [-0.2, -0.15) is 0 Å². The first-order valence-electron chi connectivity index (χ1n) is 32.7. The third-order valence-electron chi connectivity index (χ3n) is 15.2. The summed E-state index contributed by atoms with van der Waals surface area (Å²) >= 11 is 0. The molecule has 74 heavy (non-hydrogen) atoms. The van der Waals surface area contributed by atoms with Crippen molar-refractivity contribution in [3.8, 4) is 0 Å². The zero-order valence-electron chi connectivity index (χ0n) is 50.4. The van der Waals surface area contributed by atoms with E-state index in [1.54, 1.807) is 6.08 Å². The molecule has 440 valence electrons. The van der Waals surface area contributed by atoms with Crippen LogP contribution in [0.3, 0.4) is 0 Å². The van der Waals surface area contributed by atoms with Crippen molar-refractivity contribution >= 4 is 13.7 Å². The van der Waals surface area contributed by atoms with E-state index in [-0.39, 0.29) is 19.1 Å². The maximum absolute atomic E-state index is 13.0. The molecular formula is C65H130N2O6P+. The molecule has 0 rings (SSSR count). The molecule has 9 heteroatoms. The van der Waals surface area contributed by atoms with Gasteiger partial charge >= 0.3 is 7.82 Å². The van der Waals surface area contributed by atoms with Gasteiger partial charge in [-0.1, -0.05) is 321 Å². The Balaban J connectivity index is 4.13. The lowest BCUT2D eigenvalue weighted by Gasteiger charge is -2.25. The molecule has 1 amide bonds. The topological polar surface area (TPSA) is 105 Å². The summed E-state index contributed by atoms with van der Waals surface area (Å²) in [6, 6.07) is -0.861.